The first-order chi connectivity index (χ1) is 8.58. The molecule has 1 N–H and O–H groups in total. The topological polar surface area (TPSA) is 73.6 Å². The molecule has 0 aliphatic carbocycles. The first-order valence-electron chi connectivity index (χ1n) is 5.57. The third kappa shape index (κ3) is 3.67. The summed E-state index contributed by atoms with van der Waals surface area (Å²) >= 11 is 0. The summed E-state index contributed by atoms with van der Waals surface area (Å²) in [6.45, 7) is 2.05. The number of hydrogen-bond donors (Lipinski definition) is 1. The number of nitrogens with zero attached hydrogens (tertiary/aromatic N) is 2. The third-order valence-corrected chi connectivity index (χ3v) is 2.60. The Morgan fingerprint density at radius 2 is 2.33 bits per heavy atom. The molecule has 0 aliphatic rings. The average molecular weight is 248 g/mol. The summed E-state index contributed by atoms with van der Waals surface area (Å²) in [6, 6.07) is 9.26. The summed E-state index contributed by atoms with van der Waals surface area (Å²) in [5, 5.41) is 17.7. The zero-order valence-electron chi connectivity index (χ0n) is 10.5. The Balaban J connectivity index is 2.90. The molecule has 18 heavy (non-hydrogen) atoms. The van der Waals surface area contributed by atoms with Crippen molar-refractivity contribution in [1.82, 2.24) is 0 Å². The highest BCUT2D eigenvalue weighted by molar-refractivity contribution is 5.70. The van der Waals surface area contributed by atoms with Gasteiger partial charge < -0.3 is 14.7 Å². The molecule has 1 atom stereocenters. The Kier molecular flexibility index (Phi) is 5.00. The van der Waals surface area contributed by atoms with Crippen LogP contribution in [0, 0.1) is 17.2 Å². The van der Waals surface area contributed by atoms with E-state index in [9.17, 15) is 4.79 Å². The maximum absolute atomic E-state index is 10.9. The summed E-state index contributed by atoms with van der Waals surface area (Å²) in [5.41, 5.74) is 0.781. The number of aliphatic carboxylic acids is 1. The van der Waals surface area contributed by atoms with Crippen molar-refractivity contribution < 1.29 is 14.6 Å². The molecule has 1 aromatic rings. The van der Waals surface area contributed by atoms with E-state index < -0.39 is 11.9 Å². The van der Waals surface area contributed by atoms with Gasteiger partial charge in [-0.2, -0.15) is 5.26 Å². The molecule has 0 bridgehead atoms. The van der Waals surface area contributed by atoms with E-state index in [0.717, 1.165) is 5.69 Å². The van der Waals surface area contributed by atoms with E-state index >= 15 is 0 Å². The van der Waals surface area contributed by atoms with Crippen molar-refractivity contribution in [3.63, 3.8) is 0 Å². The van der Waals surface area contributed by atoms with E-state index in [0.29, 0.717) is 5.75 Å². The first-order valence-corrected chi connectivity index (χ1v) is 5.57. The van der Waals surface area contributed by atoms with Gasteiger partial charge in [0.2, 0.25) is 0 Å². The average Bonchev–Trinajstić information content (AvgIpc) is 2.38. The van der Waals surface area contributed by atoms with Crippen molar-refractivity contribution in [2.45, 2.75) is 6.92 Å². The van der Waals surface area contributed by atoms with Gasteiger partial charge in [-0.05, 0) is 12.1 Å². The van der Waals surface area contributed by atoms with Gasteiger partial charge >= 0.3 is 5.97 Å². The second kappa shape index (κ2) is 6.50. The van der Waals surface area contributed by atoms with Gasteiger partial charge in [0.25, 0.3) is 0 Å². The maximum atomic E-state index is 10.9. The van der Waals surface area contributed by atoms with Crippen LogP contribution in [0.15, 0.2) is 24.3 Å². The van der Waals surface area contributed by atoms with E-state index in [1.54, 1.807) is 31.1 Å². The Bertz CT molecular complexity index is 454. The van der Waals surface area contributed by atoms with Crippen LogP contribution >= 0.6 is 0 Å². The Hall–Kier alpha value is -2.22. The normalized spacial score (nSPS) is 11.4. The molecule has 1 aromatic carbocycles. The highest BCUT2D eigenvalue weighted by atomic mass is 16.5. The second-order valence-corrected chi connectivity index (χ2v) is 3.98. The van der Waals surface area contributed by atoms with Gasteiger partial charge in [0.15, 0.2) is 0 Å². The second-order valence-electron chi connectivity index (χ2n) is 3.98. The standard InChI is InChI=1S/C13H16N2O3/c1-10(13(16)17)9-15(7-6-14)11-4-3-5-12(8-11)18-2/h3-5,8,10H,7,9H2,1-2H3,(H,16,17). The molecular formula is C13H16N2O3. The predicted octanol–water partition coefficient (Wildman–Crippen LogP) is 1.75. The monoisotopic (exact) mass is 248 g/mol. The van der Waals surface area contributed by atoms with Crippen molar-refractivity contribution in [2.24, 2.45) is 5.92 Å². The van der Waals surface area contributed by atoms with Crippen molar-refractivity contribution in [1.29, 1.82) is 5.26 Å². The van der Waals surface area contributed by atoms with Gasteiger partial charge in [-0.3, -0.25) is 4.79 Å². The summed E-state index contributed by atoms with van der Waals surface area (Å²) < 4.78 is 5.11. The summed E-state index contributed by atoms with van der Waals surface area (Å²) in [5.74, 6) is -0.733. The number of nitriles is 1. The fraction of sp³-hybridized carbons (Fsp3) is 0.385. The van der Waals surface area contributed by atoms with Gasteiger partial charge in [-0.15, -0.1) is 0 Å². The van der Waals surface area contributed by atoms with Crippen LogP contribution in [0.3, 0.4) is 0 Å². The number of hydrogen-bond acceptors (Lipinski definition) is 4. The number of benzene rings is 1. The van der Waals surface area contributed by atoms with Crippen molar-refractivity contribution in [3.05, 3.63) is 24.3 Å². The minimum atomic E-state index is -0.874. The van der Waals surface area contributed by atoms with Gasteiger partial charge in [0.05, 0.1) is 19.1 Å². The molecule has 1 unspecified atom stereocenters. The molecule has 0 aromatic heterocycles. The Morgan fingerprint density at radius 3 is 2.89 bits per heavy atom. The summed E-state index contributed by atoms with van der Waals surface area (Å²) in [4.78, 5) is 12.6. The molecule has 0 spiro atoms. The fourth-order valence-electron chi connectivity index (χ4n) is 1.56. The van der Waals surface area contributed by atoms with E-state index in [2.05, 4.69) is 0 Å². The highest BCUT2D eigenvalue weighted by Crippen LogP contribution is 2.21. The van der Waals surface area contributed by atoms with E-state index in [1.807, 2.05) is 18.2 Å². The van der Waals surface area contributed by atoms with E-state index in [4.69, 9.17) is 15.1 Å². The van der Waals surface area contributed by atoms with Gasteiger partial charge in [-0.25, -0.2) is 0 Å². The largest absolute Gasteiger partial charge is 0.497 e. The molecule has 0 fully saturated rings. The lowest BCUT2D eigenvalue weighted by Gasteiger charge is -2.24. The molecule has 0 saturated carbocycles. The van der Waals surface area contributed by atoms with Crippen LogP contribution in [0.4, 0.5) is 5.69 Å². The molecule has 1 rings (SSSR count). The molecule has 0 amide bonds. The van der Waals surface area contributed by atoms with Crippen molar-refractivity contribution in [3.8, 4) is 11.8 Å². The van der Waals surface area contributed by atoms with Crippen LogP contribution in [0.2, 0.25) is 0 Å². The summed E-state index contributed by atoms with van der Waals surface area (Å²) in [7, 11) is 1.56. The molecule has 0 radical (unpaired) electrons. The van der Waals surface area contributed by atoms with E-state index in [-0.39, 0.29) is 13.1 Å². The quantitative estimate of drug-likeness (QED) is 0.776. The highest BCUT2D eigenvalue weighted by Gasteiger charge is 2.16. The van der Waals surface area contributed by atoms with Crippen LogP contribution in [-0.4, -0.2) is 31.3 Å². The molecule has 0 saturated heterocycles. The van der Waals surface area contributed by atoms with Crippen LogP contribution in [-0.2, 0) is 4.79 Å². The number of rotatable bonds is 6. The Labute approximate surface area is 106 Å². The summed E-state index contributed by atoms with van der Waals surface area (Å²) in [6.07, 6.45) is 0. The minimum absolute atomic E-state index is 0.144. The van der Waals surface area contributed by atoms with Crippen LogP contribution in [0.25, 0.3) is 0 Å². The predicted molar refractivity (Wildman–Crippen MR) is 67.6 cm³/mol. The zero-order chi connectivity index (χ0) is 13.5. The van der Waals surface area contributed by atoms with Crippen molar-refractivity contribution in [2.75, 3.05) is 25.1 Å². The van der Waals surface area contributed by atoms with Crippen LogP contribution in [0.1, 0.15) is 6.92 Å². The number of methoxy groups -OCH3 is 1. The molecule has 5 nitrogen and oxygen atoms in total. The van der Waals surface area contributed by atoms with Gasteiger partial charge in [0.1, 0.15) is 12.3 Å². The van der Waals surface area contributed by atoms with Crippen LogP contribution < -0.4 is 9.64 Å². The van der Waals surface area contributed by atoms with Gasteiger partial charge in [0, 0.05) is 18.3 Å². The minimum Gasteiger partial charge on any atom is -0.497 e. The number of carboxylic acid groups (broad SMARTS) is 1. The van der Waals surface area contributed by atoms with Gasteiger partial charge in [-0.1, -0.05) is 13.0 Å². The lowest BCUT2D eigenvalue weighted by atomic mass is 10.1. The molecule has 0 aliphatic heterocycles. The number of ether oxygens (including phenoxy) is 1. The molecule has 96 valence electrons. The lowest BCUT2D eigenvalue weighted by Crippen LogP contribution is -2.32. The van der Waals surface area contributed by atoms with Crippen molar-refractivity contribution >= 4 is 11.7 Å². The SMILES string of the molecule is COc1cccc(N(CC#N)CC(C)C(=O)O)c1. The lowest BCUT2D eigenvalue weighted by molar-refractivity contribution is -0.140. The van der Waals surface area contributed by atoms with E-state index in [1.165, 1.54) is 0 Å². The third-order valence-electron chi connectivity index (χ3n) is 2.60. The number of carboxylic acids is 1. The molecule has 0 heterocycles. The number of anilines is 1. The molecule has 5 heteroatoms. The fourth-order valence-corrected chi connectivity index (χ4v) is 1.56. The molecular weight excluding hydrogens is 232 g/mol. The van der Waals surface area contributed by atoms with Crippen LogP contribution in [0.5, 0.6) is 5.75 Å². The maximum Gasteiger partial charge on any atom is 0.308 e. The first kappa shape index (κ1) is 13.8. The zero-order valence-corrected chi connectivity index (χ0v) is 10.5. The number of carbonyl (C=O) groups is 1. The Morgan fingerprint density at radius 1 is 1.61 bits per heavy atom. The smallest absolute Gasteiger partial charge is 0.308 e.